The molecule has 1 heterocycles. The van der Waals surface area contributed by atoms with Crippen LogP contribution >= 0.6 is 0 Å². The number of amides is 1. The number of hydrogen-bond donors (Lipinski definition) is 3. The van der Waals surface area contributed by atoms with E-state index in [1.165, 1.54) is 0 Å². The van der Waals surface area contributed by atoms with E-state index in [2.05, 4.69) is 10.6 Å². The molecule has 0 saturated carbocycles. The van der Waals surface area contributed by atoms with Crippen molar-refractivity contribution in [2.75, 3.05) is 26.3 Å². The minimum atomic E-state index is -0.495. The van der Waals surface area contributed by atoms with Crippen LogP contribution in [0.5, 0.6) is 0 Å². The van der Waals surface area contributed by atoms with E-state index in [9.17, 15) is 9.90 Å². The Morgan fingerprint density at radius 2 is 2.57 bits per heavy atom. The van der Waals surface area contributed by atoms with Crippen molar-refractivity contribution in [3.8, 4) is 0 Å². The number of carbonyl (C=O) groups excluding carboxylic acids is 1. The third-order valence-corrected chi connectivity index (χ3v) is 2.13. The van der Waals surface area contributed by atoms with Gasteiger partial charge in [0, 0.05) is 32.2 Å². The van der Waals surface area contributed by atoms with E-state index in [0.717, 1.165) is 0 Å². The van der Waals surface area contributed by atoms with Gasteiger partial charge in [-0.3, -0.25) is 4.79 Å². The molecule has 1 amide bonds. The van der Waals surface area contributed by atoms with Crippen molar-refractivity contribution in [3.05, 3.63) is 0 Å². The van der Waals surface area contributed by atoms with Crippen LogP contribution in [0.1, 0.15) is 13.3 Å². The first-order valence-corrected chi connectivity index (χ1v) is 4.98. The maximum atomic E-state index is 10.8. The molecule has 0 aromatic rings. The summed E-state index contributed by atoms with van der Waals surface area (Å²) in [5.74, 6) is 0.0711. The van der Waals surface area contributed by atoms with Gasteiger partial charge in [0.1, 0.15) is 0 Å². The highest BCUT2D eigenvalue weighted by Crippen LogP contribution is 1.98. The lowest BCUT2D eigenvalue weighted by Gasteiger charge is -2.14. The monoisotopic (exact) mass is 202 g/mol. The lowest BCUT2D eigenvalue weighted by atomic mass is 10.2. The molecule has 5 heteroatoms. The summed E-state index contributed by atoms with van der Waals surface area (Å²) in [6.07, 6.45) is 0.00658. The molecule has 82 valence electrons. The van der Waals surface area contributed by atoms with Crippen LogP contribution in [0.15, 0.2) is 0 Å². The van der Waals surface area contributed by atoms with Gasteiger partial charge in [0.05, 0.1) is 12.7 Å². The number of carbonyl (C=O) groups is 1. The molecular weight excluding hydrogens is 184 g/mol. The molecule has 1 saturated heterocycles. The molecule has 0 aromatic carbocycles. The van der Waals surface area contributed by atoms with Crippen LogP contribution in [0, 0.1) is 0 Å². The smallest absolute Gasteiger partial charge is 0.221 e. The molecule has 0 spiro atoms. The molecule has 0 aromatic heterocycles. The van der Waals surface area contributed by atoms with Crippen LogP contribution in [0.25, 0.3) is 0 Å². The Bertz CT molecular complexity index is 187. The van der Waals surface area contributed by atoms with E-state index in [1.54, 1.807) is 0 Å². The number of rotatable bonds is 6. The van der Waals surface area contributed by atoms with E-state index < -0.39 is 6.10 Å². The summed E-state index contributed by atoms with van der Waals surface area (Å²) in [5.41, 5.74) is 0. The molecule has 14 heavy (non-hydrogen) atoms. The van der Waals surface area contributed by atoms with Crippen molar-refractivity contribution in [2.45, 2.75) is 25.5 Å². The average Bonchev–Trinajstić information content (AvgIpc) is 2.58. The fourth-order valence-corrected chi connectivity index (χ4v) is 1.37. The SMILES string of the molecule is CCOCC(O)CNC1CNC(=O)C1. The molecule has 5 nitrogen and oxygen atoms in total. The van der Waals surface area contributed by atoms with Crippen molar-refractivity contribution in [1.29, 1.82) is 0 Å². The highest BCUT2D eigenvalue weighted by Gasteiger charge is 2.21. The van der Waals surface area contributed by atoms with Crippen molar-refractivity contribution in [1.82, 2.24) is 10.6 Å². The standard InChI is InChI=1S/C9H18N2O3/c1-2-14-6-8(12)5-10-7-3-9(13)11-4-7/h7-8,10,12H,2-6H2,1H3,(H,11,13). The van der Waals surface area contributed by atoms with Gasteiger partial charge in [0.2, 0.25) is 5.91 Å². The molecule has 2 unspecified atom stereocenters. The van der Waals surface area contributed by atoms with Crippen LogP contribution in [0.3, 0.4) is 0 Å². The Morgan fingerprint density at radius 1 is 1.79 bits per heavy atom. The van der Waals surface area contributed by atoms with Crippen LogP contribution in [0.4, 0.5) is 0 Å². The predicted molar refractivity (Wildman–Crippen MR) is 51.9 cm³/mol. The molecule has 1 aliphatic rings. The first-order chi connectivity index (χ1) is 6.72. The van der Waals surface area contributed by atoms with Gasteiger partial charge in [-0.2, -0.15) is 0 Å². The number of ether oxygens (including phenoxy) is 1. The van der Waals surface area contributed by atoms with E-state index in [-0.39, 0.29) is 11.9 Å². The maximum Gasteiger partial charge on any atom is 0.221 e. The van der Waals surface area contributed by atoms with Crippen molar-refractivity contribution in [2.24, 2.45) is 0 Å². The summed E-state index contributed by atoms with van der Waals surface area (Å²) in [5, 5.41) is 15.2. The molecule has 0 aliphatic carbocycles. The molecule has 0 bridgehead atoms. The topological polar surface area (TPSA) is 70.6 Å². The fourth-order valence-electron chi connectivity index (χ4n) is 1.37. The first kappa shape index (κ1) is 11.4. The average molecular weight is 202 g/mol. The summed E-state index contributed by atoms with van der Waals surface area (Å²) >= 11 is 0. The minimum Gasteiger partial charge on any atom is -0.389 e. The van der Waals surface area contributed by atoms with Gasteiger partial charge in [0.15, 0.2) is 0 Å². The molecule has 0 radical (unpaired) electrons. The van der Waals surface area contributed by atoms with E-state index in [4.69, 9.17) is 4.74 Å². The lowest BCUT2D eigenvalue weighted by molar-refractivity contribution is -0.119. The minimum absolute atomic E-state index is 0.0711. The zero-order valence-electron chi connectivity index (χ0n) is 8.45. The van der Waals surface area contributed by atoms with Gasteiger partial charge < -0.3 is 20.5 Å². The molecule has 2 atom stereocenters. The predicted octanol–water partition coefficient (Wildman–Crippen LogP) is -1.14. The van der Waals surface area contributed by atoms with Crippen LogP contribution in [-0.4, -0.2) is 49.5 Å². The zero-order chi connectivity index (χ0) is 10.4. The van der Waals surface area contributed by atoms with Crippen molar-refractivity contribution >= 4 is 5.91 Å². The largest absolute Gasteiger partial charge is 0.389 e. The second kappa shape index (κ2) is 5.95. The summed E-state index contributed by atoms with van der Waals surface area (Å²) in [7, 11) is 0. The highest BCUT2D eigenvalue weighted by molar-refractivity contribution is 5.78. The number of hydrogen-bond acceptors (Lipinski definition) is 4. The van der Waals surface area contributed by atoms with Gasteiger partial charge in [-0.05, 0) is 6.92 Å². The number of aliphatic hydroxyl groups is 1. The maximum absolute atomic E-state index is 10.8. The second-order valence-corrected chi connectivity index (χ2v) is 3.43. The van der Waals surface area contributed by atoms with Gasteiger partial charge in [-0.15, -0.1) is 0 Å². The normalized spacial score (nSPS) is 23.6. The first-order valence-electron chi connectivity index (χ1n) is 4.98. The van der Waals surface area contributed by atoms with Crippen molar-refractivity contribution < 1.29 is 14.6 Å². The van der Waals surface area contributed by atoms with Crippen LogP contribution in [0.2, 0.25) is 0 Å². The van der Waals surface area contributed by atoms with E-state index in [1.807, 2.05) is 6.92 Å². The van der Waals surface area contributed by atoms with Gasteiger partial charge in [-0.1, -0.05) is 0 Å². The summed E-state index contributed by atoms with van der Waals surface area (Å²) in [4.78, 5) is 10.8. The number of nitrogens with one attached hydrogen (secondary N) is 2. The van der Waals surface area contributed by atoms with Gasteiger partial charge in [-0.25, -0.2) is 0 Å². The molecule has 1 fully saturated rings. The third-order valence-electron chi connectivity index (χ3n) is 2.13. The Balaban J connectivity index is 2.05. The van der Waals surface area contributed by atoms with Gasteiger partial charge >= 0.3 is 0 Å². The lowest BCUT2D eigenvalue weighted by Crippen LogP contribution is -2.38. The Hall–Kier alpha value is -0.650. The molecule has 1 aliphatic heterocycles. The van der Waals surface area contributed by atoms with Crippen molar-refractivity contribution in [3.63, 3.8) is 0 Å². The molecule has 1 rings (SSSR count). The van der Waals surface area contributed by atoms with Gasteiger partial charge in [0.25, 0.3) is 0 Å². The van der Waals surface area contributed by atoms with Crippen LogP contribution in [-0.2, 0) is 9.53 Å². The zero-order valence-corrected chi connectivity index (χ0v) is 8.45. The number of aliphatic hydroxyl groups excluding tert-OH is 1. The molecular formula is C9H18N2O3. The summed E-state index contributed by atoms with van der Waals surface area (Å²) in [6, 6.07) is 0.152. The summed E-state index contributed by atoms with van der Waals surface area (Å²) in [6.45, 7) is 3.97. The Labute approximate surface area is 83.8 Å². The second-order valence-electron chi connectivity index (χ2n) is 3.43. The van der Waals surface area contributed by atoms with E-state index in [0.29, 0.717) is 32.7 Å². The third kappa shape index (κ3) is 4.04. The quantitative estimate of drug-likeness (QED) is 0.509. The van der Waals surface area contributed by atoms with E-state index >= 15 is 0 Å². The fraction of sp³-hybridized carbons (Fsp3) is 0.889. The van der Waals surface area contributed by atoms with Crippen LogP contribution < -0.4 is 10.6 Å². The summed E-state index contributed by atoms with van der Waals surface area (Å²) < 4.78 is 5.06. The Morgan fingerprint density at radius 3 is 3.14 bits per heavy atom. The molecule has 3 N–H and O–H groups in total. The highest BCUT2D eigenvalue weighted by atomic mass is 16.5. The Kier molecular flexibility index (Phi) is 4.86.